The summed E-state index contributed by atoms with van der Waals surface area (Å²) in [7, 11) is 1.81. The first kappa shape index (κ1) is 14.9. The third-order valence-electron chi connectivity index (χ3n) is 4.11. The van der Waals surface area contributed by atoms with E-state index in [4.69, 9.17) is 9.47 Å². The van der Waals surface area contributed by atoms with Gasteiger partial charge in [0.1, 0.15) is 0 Å². The molecule has 1 aliphatic rings. The molecule has 0 aromatic heterocycles. The van der Waals surface area contributed by atoms with E-state index in [1.807, 2.05) is 0 Å². The lowest BCUT2D eigenvalue weighted by Gasteiger charge is -2.39. The Kier molecular flexibility index (Phi) is 5.90. The van der Waals surface area contributed by atoms with Gasteiger partial charge in [-0.2, -0.15) is 0 Å². The first-order valence-corrected chi connectivity index (χ1v) is 6.87. The molecule has 1 fully saturated rings. The molecule has 1 saturated heterocycles. The molecule has 1 N–H and O–H groups in total. The average molecular weight is 243 g/mol. The van der Waals surface area contributed by atoms with Gasteiger partial charge < -0.3 is 14.8 Å². The first-order chi connectivity index (χ1) is 8.04. The predicted molar refractivity (Wildman–Crippen MR) is 71.4 cm³/mol. The molecule has 0 spiro atoms. The van der Waals surface area contributed by atoms with Crippen molar-refractivity contribution in [2.45, 2.75) is 52.1 Å². The Morgan fingerprint density at radius 2 is 1.94 bits per heavy atom. The van der Waals surface area contributed by atoms with Gasteiger partial charge in [-0.05, 0) is 51.5 Å². The molecule has 3 heteroatoms. The number of ether oxygens (including phenoxy) is 2. The Bertz CT molecular complexity index is 210. The molecule has 0 bridgehead atoms. The van der Waals surface area contributed by atoms with E-state index in [1.54, 1.807) is 7.11 Å². The zero-order valence-electron chi connectivity index (χ0n) is 12.0. The second kappa shape index (κ2) is 6.72. The molecular formula is C14H29NO2. The summed E-state index contributed by atoms with van der Waals surface area (Å²) in [5.41, 5.74) is 0.418. The standard InChI is InChI=1S/C14H29NO2/c1-5-15-12-14(8-10-17-11-9-14)7-6-13(2,3)16-4/h15H,5-12H2,1-4H3. The third-order valence-corrected chi connectivity index (χ3v) is 4.11. The average Bonchev–Trinajstić information content (AvgIpc) is 2.36. The van der Waals surface area contributed by atoms with Crippen LogP contribution in [0.4, 0.5) is 0 Å². The van der Waals surface area contributed by atoms with Crippen LogP contribution < -0.4 is 5.32 Å². The zero-order valence-corrected chi connectivity index (χ0v) is 12.0. The Morgan fingerprint density at radius 3 is 2.47 bits per heavy atom. The summed E-state index contributed by atoms with van der Waals surface area (Å²) in [6.45, 7) is 10.5. The maximum Gasteiger partial charge on any atom is 0.0623 e. The monoisotopic (exact) mass is 243 g/mol. The molecule has 0 atom stereocenters. The molecule has 0 radical (unpaired) electrons. The van der Waals surface area contributed by atoms with Crippen LogP contribution >= 0.6 is 0 Å². The van der Waals surface area contributed by atoms with Gasteiger partial charge in [-0.1, -0.05) is 6.92 Å². The van der Waals surface area contributed by atoms with Crippen LogP contribution in [0.5, 0.6) is 0 Å². The van der Waals surface area contributed by atoms with Gasteiger partial charge in [-0.15, -0.1) is 0 Å². The van der Waals surface area contributed by atoms with E-state index in [-0.39, 0.29) is 5.60 Å². The highest BCUT2D eigenvalue weighted by Crippen LogP contribution is 2.37. The number of hydrogen-bond acceptors (Lipinski definition) is 3. The lowest BCUT2D eigenvalue weighted by molar-refractivity contribution is -0.0244. The summed E-state index contributed by atoms with van der Waals surface area (Å²) >= 11 is 0. The largest absolute Gasteiger partial charge is 0.381 e. The van der Waals surface area contributed by atoms with Crippen molar-refractivity contribution < 1.29 is 9.47 Å². The molecule has 0 unspecified atom stereocenters. The van der Waals surface area contributed by atoms with Crippen LogP contribution in [0.1, 0.15) is 46.5 Å². The number of methoxy groups -OCH3 is 1. The van der Waals surface area contributed by atoms with Crippen molar-refractivity contribution in [3.05, 3.63) is 0 Å². The summed E-state index contributed by atoms with van der Waals surface area (Å²) in [6.07, 6.45) is 4.71. The second-order valence-electron chi connectivity index (χ2n) is 5.86. The molecule has 0 aromatic rings. The summed E-state index contributed by atoms with van der Waals surface area (Å²) in [5, 5.41) is 3.52. The van der Waals surface area contributed by atoms with Crippen LogP contribution in [0, 0.1) is 5.41 Å². The molecule has 17 heavy (non-hydrogen) atoms. The van der Waals surface area contributed by atoms with Crippen molar-refractivity contribution >= 4 is 0 Å². The molecule has 1 heterocycles. The van der Waals surface area contributed by atoms with Crippen LogP contribution in [0.2, 0.25) is 0 Å². The topological polar surface area (TPSA) is 30.5 Å². The van der Waals surface area contributed by atoms with Gasteiger partial charge in [0, 0.05) is 26.9 Å². The van der Waals surface area contributed by atoms with E-state index in [0.29, 0.717) is 5.41 Å². The second-order valence-corrected chi connectivity index (χ2v) is 5.86. The molecule has 1 rings (SSSR count). The fourth-order valence-corrected chi connectivity index (χ4v) is 2.38. The molecule has 3 nitrogen and oxygen atoms in total. The van der Waals surface area contributed by atoms with Crippen molar-refractivity contribution in [2.75, 3.05) is 33.4 Å². The fraction of sp³-hybridized carbons (Fsp3) is 1.00. The number of hydrogen-bond donors (Lipinski definition) is 1. The molecule has 1 aliphatic heterocycles. The van der Waals surface area contributed by atoms with Gasteiger partial charge in [0.25, 0.3) is 0 Å². The first-order valence-electron chi connectivity index (χ1n) is 6.87. The van der Waals surface area contributed by atoms with Crippen molar-refractivity contribution in [2.24, 2.45) is 5.41 Å². The summed E-state index contributed by atoms with van der Waals surface area (Å²) < 4.78 is 11.0. The van der Waals surface area contributed by atoms with E-state index in [1.165, 1.54) is 19.3 Å². The number of rotatable bonds is 7. The minimum atomic E-state index is -0.00246. The highest BCUT2D eigenvalue weighted by molar-refractivity contribution is 4.86. The maximum absolute atomic E-state index is 5.53. The molecule has 0 saturated carbocycles. The maximum atomic E-state index is 5.53. The Morgan fingerprint density at radius 1 is 1.29 bits per heavy atom. The van der Waals surface area contributed by atoms with Gasteiger partial charge in [-0.25, -0.2) is 0 Å². The Hall–Kier alpha value is -0.120. The van der Waals surface area contributed by atoms with Gasteiger partial charge >= 0.3 is 0 Å². The quantitative estimate of drug-likeness (QED) is 0.745. The summed E-state index contributed by atoms with van der Waals surface area (Å²) in [6, 6.07) is 0. The van der Waals surface area contributed by atoms with Gasteiger partial charge in [0.2, 0.25) is 0 Å². The molecular weight excluding hydrogens is 214 g/mol. The lowest BCUT2D eigenvalue weighted by atomic mass is 9.74. The fourth-order valence-electron chi connectivity index (χ4n) is 2.38. The van der Waals surface area contributed by atoms with E-state index < -0.39 is 0 Å². The van der Waals surface area contributed by atoms with E-state index in [2.05, 4.69) is 26.1 Å². The smallest absolute Gasteiger partial charge is 0.0623 e. The summed E-state index contributed by atoms with van der Waals surface area (Å²) in [5.74, 6) is 0. The molecule has 0 aromatic carbocycles. The normalized spacial score (nSPS) is 20.5. The van der Waals surface area contributed by atoms with Gasteiger partial charge in [0.15, 0.2) is 0 Å². The minimum absolute atomic E-state index is 0.00246. The zero-order chi connectivity index (χ0) is 12.8. The van der Waals surface area contributed by atoms with Crippen LogP contribution in [0.25, 0.3) is 0 Å². The highest BCUT2D eigenvalue weighted by Gasteiger charge is 2.33. The Labute approximate surface area is 106 Å². The molecule has 0 aliphatic carbocycles. The van der Waals surface area contributed by atoms with Crippen LogP contribution in [-0.2, 0) is 9.47 Å². The van der Waals surface area contributed by atoms with Crippen LogP contribution in [0.15, 0.2) is 0 Å². The van der Waals surface area contributed by atoms with Crippen molar-refractivity contribution in [3.63, 3.8) is 0 Å². The van der Waals surface area contributed by atoms with E-state index in [0.717, 1.165) is 32.7 Å². The van der Waals surface area contributed by atoms with Crippen molar-refractivity contribution in [1.82, 2.24) is 5.32 Å². The van der Waals surface area contributed by atoms with Gasteiger partial charge in [0.05, 0.1) is 5.60 Å². The molecule has 0 amide bonds. The third kappa shape index (κ3) is 4.94. The van der Waals surface area contributed by atoms with Crippen LogP contribution in [-0.4, -0.2) is 39.0 Å². The van der Waals surface area contributed by atoms with E-state index >= 15 is 0 Å². The SMILES string of the molecule is CCNCC1(CCC(C)(C)OC)CCOCC1. The highest BCUT2D eigenvalue weighted by atomic mass is 16.5. The Balaban J connectivity index is 2.50. The lowest BCUT2D eigenvalue weighted by Crippen LogP contribution is -2.40. The number of nitrogens with one attached hydrogen (secondary N) is 1. The van der Waals surface area contributed by atoms with E-state index in [9.17, 15) is 0 Å². The van der Waals surface area contributed by atoms with Crippen LogP contribution in [0.3, 0.4) is 0 Å². The van der Waals surface area contributed by atoms with Crippen molar-refractivity contribution in [1.29, 1.82) is 0 Å². The van der Waals surface area contributed by atoms with Crippen molar-refractivity contribution in [3.8, 4) is 0 Å². The van der Waals surface area contributed by atoms with Gasteiger partial charge in [-0.3, -0.25) is 0 Å². The predicted octanol–water partition coefficient (Wildman–Crippen LogP) is 2.60. The minimum Gasteiger partial charge on any atom is -0.381 e. The summed E-state index contributed by atoms with van der Waals surface area (Å²) in [4.78, 5) is 0. The molecule has 102 valence electrons.